The number of anilines is 1. The summed E-state index contributed by atoms with van der Waals surface area (Å²) in [7, 11) is 0. The Kier molecular flexibility index (Phi) is 2.96. The zero-order valence-electron chi connectivity index (χ0n) is 12.0. The summed E-state index contributed by atoms with van der Waals surface area (Å²) in [6.07, 6.45) is 5.58. The second-order valence-corrected chi connectivity index (χ2v) is 5.91. The van der Waals surface area contributed by atoms with Crippen molar-refractivity contribution in [3.63, 3.8) is 0 Å². The molecule has 1 heterocycles. The van der Waals surface area contributed by atoms with Gasteiger partial charge in [0.25, 0.3) is 5.69 Å². The van der Waals surface area contributed by atoms with E-state index in [1.807, 2.05) is 18.2 Å². The van der Waals surface area contributed by atoms with Gasteiger partial charge in [-0.2, -0.15) is 0 Å². The molecule has 3 atom stereocenters. The van der Waals surface area contributed by atoms with E-state index in [1.165, 1.54) is 11.3 Å². The van der Waals surface area contributed by atoms with E-state index in [1.54, 1.807) is 12.1 Å². The minimum atomic E-state index is -0.354. The highest BCUT2D eigenvalue weighted by Crippen LogP contribution is 2.49. The largest absolute Gasteiger partial charge is 0.378 e. The molecule has 4 rings (SSSR count). The van der Waals surface area contributed by atoms with E-state index in [4.69, 9.17) is 0 Å². The Bertz CT molecular complexity index is 752. The van der Waals surface area contributed by atoms with Gasteiger partial charge in [0, 0.05) is 23.7 Å². The van der Waals surface area contributed by atoms with Crippen molar-refractivity contribution in [2.75, 3.05) is 5.32 Å². The predicted molar refractivity (Wildman–Crippen MR) is 85.9 cm³/mol. The van der Waals surface area contributed by atoms with E-state index < -0.39 is 0 Å². The van der Waals surface area contributed by atoms with Crippen LogP contribution in [0.1, 0.15) is 29.5 Å². The van der Waals surface area contributed by atoms with Gasteiger partial charge in [-0.05, 0) is 29.5 Å². The number of para-hydroxylation sites is 1. The van der Waals surface area contributed by atoms with Crippen molar-refractivity contribution in [3.8, 4) is 0 Å². The fraction of sp³-hybridized carbons (Fsp3) is 0.222. The number of hydrogen-bond acceptors (Lipinski definition) is 3. The number of non-ortho nitro benzene ring substituents is 1. The first kappa shape index (κ1) is 13.1. The average Bonchev–Trinajstić information content (AvgIpc) is 3.04. The Hall–Kier alpha value is -2.62. The van der Waals surface area contributed by atoms with Crippen LogP contribution in [0, 0.1) is 16.0 Å². The van der Waals surface area contributed by atoms with E-state index in [0.717, 1.165) is 12.0 Å². The SMILES string of the molecule is O=[N+]([O-])c1ccc([C@H]2Nc3ccccc3[C@H]3C=CC[C@H]32)cc1. The number of nitrogens with one attached hydrogen (secondary N) is 1. The van der Waals surface area contributed by atoms with Gasteiger partial charge in [0.1, 0.15) is 0 Å². The summed E-state index contributed by atoms with van der Waals surface area (Å²) in [6, 6.07) is 15.5. The number of benzene rings is 2. The molecular weight excluding hydrogens is 276 g/mol. The summed E-state index contributed by atoms with van der Waals surface area (Å²) in [6.45, 7) is 0. The molecule has 0 unspecified atom stereocenters. The smallest absolute Gasteiger partial charge is 0.269 e. The van der Waals surface area contributed by atoms with Crippen molar-refractivity contribution in [1.82, 2.24) is 0 Å². The number of hydrogen-bond donors (Lipinski definition) is 1. The van der Waals surface area contributed by atoms with Gasteiger partial charge < -0.3 is 5.32 Å². The molecule has 0 amide bonds. The molecule has 1 N–H and O–H groups in total. The Morgan fingerprint density at radius 2 is 1.86 bits per heavy atom. The Morgan fingerprint density at radius 3 is 2.64 bits per heavy atom. The topological polar surface area (TPSA) is 55.2 Å². The minimum absolute atomic E-state index is 0.140. The van der Waals surface area contributed by atoms with Gasteiger partial charge in [-0.1, -0.05) is 42.5 Å². The molecule has 1 aliphatic heterocycles. The molecule has 4 heteroatoms. The van der Waals surface area contributed by atoms with Crippen LogP contribution in [0.4, 0.5) is 11.4 Å². The lowest BCUT2D eigenvalue weighted by Gasteiger charge is -2.37. The van der Waals surface area contributed by atoms with Crippen LogP contribution in [0.25, 0.3) is 0 Å². The Morgan fingerprint density at radius 1 is 1.09 bits per heavy atom. The van der Waals surface area contributed by atoms with Crippen LogP contribution in [-0.2, 0) is 0 Å². The first-order valence-electron chi connectivity index (χ1n) is 7.50. The number of nitro benzene ring substituents is 1. The average molecular weight is 292 g/mol. The van der Waals surface area contributed by atoms with Crippen molar-refractivity contribution in [1.29, 1.82) is 0 Å². The van der Waals surface area contributed by atoms with Crippen molar-refractivity contribution in [2.24, 2.45) is 5.92 Å². The number of allylic oxidation sites excluding steroid dienone is 2. The van der Waals surface area contributed by atoms with Crippen LogP contribution >= 0.6 is 0 Å². The van der Waals surface area contributed by atoms with Gasteiger partial charge in [-0.15, -0.1) is 0 Å². The molecule has 2 aromatic carbocycles. The van der Waals surface area contributed by atoms with Gasteiger partial charge in [0.05, 0.1) is 11.0 Å². The molecule has 0 aromatic heterocycles. The molecule has 0 bridgehead atoms. The van der Waals surface area contributed by atoms with Crippen molar-refractivity contribution < 1.29 is 4.92 Å². The Balaban J connectivity index is 1.72. The van der Waals surface area contributed by atoms with Gasteiger partial charge in [-0.25, -0.2) is 0 Å². The second-order valence-electron chi connectivity index (χ2n) is 5.91. The summed E-state index contributed by atoms with van der Waals surface area (Å²) >= 11 is 0. The van der Waals surface area contributed by atoms with Crippen molar-refractivity contribution in [2.45, 2.75) is 18.4 Å². The number of fused-ring (bicyclic) bond motifs is 3. The van der Waals surface area contributed by atoms with E-state index in [0.29, 0.717) is 11.8 Å². The molecular formula is C18H16N2O2. The number of nitrogens with zero attached hydrogens (tertiary/aromatic N) is 1. The zero-order valence-corrected chi connectivity index (χ0v) is 12.0. The molecule has 1 aliphatic carbocycles. The van der Waals surface area contributed by atoms with Crippen LogP contribution in [-0.4, -0.2) is 4.92 Å². The molecule has 0 spiro atoms. The number of nitro groups is 1. The maximum atomic E-state index is 10.8. The molecule has 2 aliphatic rings. The van der Waals surface area contributed by atoms with Crippen molar-refractivity contribution in [3.05, 3.63) is 81.9 Å². The highest BCUT2D eigenvalue weighted by Gasteiger charge is 2.37. The lowest BCUT2D eigenvalue weighted by atomic mass is 9.77. The highest BCUT2D eigenvalue weighted by atomic mass is 16.6. The van der Waals surface area contributed by atoms with Crippen LogP contribution in [0.15, 0.2) is 60.7 Å². The van der Waals surface area contributed by atoms with Crippen LogP contribution in [0.2, 0.25) is 0 Å². The summed E-state index contributed by atoms with van der Waals surface area (Å²) in [4.78, 5) is 10.5. The van der Waals surface area contributed by atoms with Crippen LogP contribution in [0.3, 0.4) is 0 Å². The van der Waals surface area contributed by atoms with E-state index in [-0.39, 0.29) is 16.7 Å². The molecule has 4 nitrogen and oxygen atoms in total. The third kappa shape index (κ3) is 1.99. The first-order valence-corrected chi connectivity index (χ1v) is 7.50. The second kappa shape index (κ2) is 4.98. The van der Waals surface area contributed by atoms with Crippen molar-refractivity contribution >= 4 is 11.4 Å². The molecule has 0 fully saturated rings. The molecule has 0 radical (unpaired) electrons. The summed E-state index contributed by atoms with van der Waals surface area (Å²) in [5.74, 6) is 0.897. The molecule has 0 saturated carbocycles. The lowest BCUT2D eigenvalue weighted by Crippen LogP contribution is -2.28. The summed E-state index contributed by atoms with van der Waals surface area (Å²) in [5.41, 5.74) is 3.76. The normalized spacial score (nSPS) is 25.2. The van der Waals surface area contributed by atoms with Crippen LogP contribution in [0.5, 0.6) is 0 Å². The molecule has 2 aromatic rings. The maximum absolute atomic E-state index is 10.8. The fourth-order valence-electron chi connectivity index (χ4n) is 3.68. The van der Waals surface area contributed by atoms with Gasteiger partial charge in [0.2, 0.25) is 0 Å². The maximum Gasteiger partial charge on any atom is 0.269 e. The molecule has 110 valence electrons. The first-order chi connectivity index (χ1) is 10.7. The van der Waals surface area contributed by atoms with E-state index in [9.17, 15) is 10.1 Å². The van der Waals surface area contributed by atoms with Gasteiger partial charge in [-0.3, -0.25) is 10.1 Å². The van der Waals surface area contributed by atoms with Gasteiger partial charge in [0.15, 0.2) is 0 Å². The quantitative estimate of drug-likeness (QED) is 0.506. The third-order valence-electron chi connectivity index (χ3n) is 4.74. The molecule has 22 heavy (non-hydrogen) atoms. The number of rotatable bonds is 2. The van der Waals surface area contributed by atoms with Crippen LogP contribution < -0.4 is 5.32 Å². The lowest BCUT2D eigenvalue weighted by molar-refractivity contribution is -0.384. The van der Waals surface area contributed by atoms with Gasteiger partial charge >= 0.3 is 0 Å². The monoisotopic (exact) mass is 292 g/mol. The standard InChI is InChI=1S/C18H16N2O2/c21-20(22)13-10-8-12(9-11-13)18-16-6-3-5-14(16)15-4-1-2-7-17(15)19-18/h1-5,7-11,14,16,18-19H,6H2/t14-,16-,18-/m1/s1. The predicted octanol–water partition coefficient (Wildman–Crippen LogP) is 4.42. The minimum Gasteiger partial charge on any atom is -0.378 e. The highest BCUT2D eigenvalue weighted by molar-refractivity contribution is 5.59. The molecule has 0 saturated heterocycles. The third-order valence-corrected chi connectivity index (χ3v) is 4.74. The summed E-state index contributed by atoms with van der Waals surface area (Å²) in [5, 5.41) is 14.4. The van der Waals surface area contributed by atoms with E-state index in [2.05, 4.69) is 35.7 Å². The summed E-state index contributed by atoms with van der Waals surface area (Å²) < 4.78 is 0. The Labute approximate surface area is 128 Å². The zero-order chi connectivity index (χ0) is 15.1. The fourth-order valence-corrected chi connectivity index (χ4v) is 3.68. The van der Waals surface area contributed by atoms with E-state index >= 15 is 0 Å².